The second kappa shape index (κ2) is 8.61. The van der Waals surface area contributed by atoms with Gasteiger partial charge in [0.05, 0.1) is 29.8 Å². The van der Waals surface area contributed by atoms with E-state index in [1.807, 2.05) is 6.92 Å². The minimum Gasteiger partial charge on any atom is -0.481 e. The molecule has 7 nitrogen and oxygen atoms in total. The number of hydrazine groups is 2. The van der Waals surface area contributed by atoms with E-state index in [4.69, 9.17) is 16.3 Å². The molecule has 11 heteroatoms. The van der Waals surface area contributed by atoms with Crippen LogP contribution in [-0.2, 0) is 12.0 Å². The van der Waals surface area contributed by atoms with Gasteiger partial charge in [-0.25, -0.2) is 4.98 Å². The molecule has 0 aliphatic carbocycles. The van der Waals surface area contributed by atoms with Gasteiger partial charge in [-0.15, -0.1) is 5.53 Å². The van der Waals surface area contributed by atoms with Gasteiger partial charge in [0, 0.05) is 41.1 Å². The zero-order valence-electron chi connectivity index (χ0n) is 18.9. The number of methoxy groups -OCH3 is 1. The fourth-order valence-electron chi connectivity index (χ4n) is 4.20. The predicted octanol–water partition coefficient (Wildman–Crippen LogP) is 4.05. The van der Waals surface area contributed by atoms with Crippen molar-refractivity contribution in [3.05, 3.63) is 75.3 Å². The zero-order chi connectivity index (χ0) is 24.8. The van der Waals surface area contributed by atoms with Gasteiger partial charge in [-0.3, -0.25) is 9.99 Å². The molecular formula is C23H23ClF3N5O2. The number of likely N-dealkylation sites (N-methyl/N-ethyl adjacent to an activating group) is 1. The Hall–Kier alpha value is -3.08. The second-order valence-electron chi connectivity index (χ2n) is 8.08. The molecule has 1 aromatic carbocycles. The van der Waals surface area contributed by atoms with E-state index in [0.29, 0.717) is 28.0 Å². The van der Waals surface area contributed by atoms with Gasteiger partial charge >= 0.3 is 6.18 Å². The van der Waals surface area contributed by atoms with Gasteiger partial charge in [0.25, 0.3) is 0 Å². The van der Waals surface area contributed by atoms with Gasteiger partial charge in [0.2, 0.25) is 5.88 Å². The maximum absolute atomic E-state index is 13.2. The molecule has 0 fully saturated rings. The second-order valence-corrected chi connectivity index (χ2v) is 8.46. The number of ether oxygens (including phenoxy) is 1. The Balaban J connectivity index is 1.99. The first-order valence-electron chi connectivity index (χ1n) is 10.3. The van der Waals surface area contributed by atoms with Crippen molar-refractivity contribution in [1.29, 1.82) is 0 Å². The van der Waals surface area contributed by atoms with Gasteiger partial charge < -0.3 is 15.3 Å². The number of fused-ring (bicyclic) bond motifs is 1. The highest BCUT2D eigenvalue weighted by Gasteiger charge is 2.42. The van der Waals surface area contributed by atoms with Gasteiger partial charge in [0.15, 0.2) is 5.60 Å². The summed E-state index contributed by atoms with van der Waals surface area (Å²) < 4.78 is 44.8. The number of benzene rings is 1. The molecule has 3 N–H and O–H groups in total. The van der Waals surface area contributed by atoms with Crippen molar-refractivity contribution >= 4 is 22.5 Å². The van der Waals surface area contributed by atoms with E-state index in [1.165, 1.54) is 7.11 Å². The molecule has 0 amide bonds. The largest absolute Gasteiger partial charge is 0.481 e. The SMILES string of the molecule is COc1nc2ccc(C(O)(C3=CNNN3C)c3ccc(C)nc3C)cc2c(Cl)c1CC(F)(F)F. The predicted molar refractivity (Wildman–Crippen MR) is 122 cm³/mol. The molecule has 34 heavy (non-hydrogen) atoms. The van der Waals surface area contributed by atoms with E-state index in [-0.39, 0.29) is 21.9 Å². The topological polar surface area (TPSA) is 82.5 Å². The quantitative estimate of drug-likeness (QED) is 0.494. The summed E-state index contributed by atoms with van der Waals surface area (Å²) in [6, 6.07) is 8.36. The van der Waals surface area contributed by atoms with Crippen LogP contribution in [0.25, 0.3) is 10.9 Å². The Bertz CT molecular complexity index is 1300. The van der Waals surface area contributed by atoms with Crippen LogP contribution < -0.4 is 15.7 Å². The zero-order valence-corrected chi connectivity index (χ0v) is 19.6. The molecule has 180 valence electrons. The first-order valence-corrected chi connectivity index (χ1v) is 10.7. The van der Waals surface area contributed by atoms with Crippen molar-refractivity contribution in [2.75, 3.05) is 14.2 Å². The van der Waals surface area contributed by atoms with Crippen LogP contribution in [0.5, 0.6) is 5.88 Å². The molecule has 1 unspecified atom stereocenters. The average molecular weight is 494 g/mol. The monoisotopic (exact) mass is 493 g/mol. The fourth-order valence-corrected chi connectivity index (χ4v) is 4.50. The highest BCUT2D eigenvalue weighted by Crippen LogP contribution is 2.43. The van der Waals surface area contributed by atoms with Crippen molar-refractivity contribution in [3.8, 4) is 5.88 Å². The number of rotatable bonds is 5. The summed E-state index contributed by atoms with van der Waals surface area (Å²) in [6.07, 6.45) is -4.20. The average Bonchev–Trinajstić information content (AvgIpc) is 3.20. The van der Waals surface area contributed by atoms with E-state index in [1.54, 1.807) is 55.5 Å². The van der Waals surface area contributed by atoms with Crippen molar-refractivity contribution in [1.82, 2.24) is 25.9 Å². The van der Waals surface area contributed by atoms with Gasteiger partial charge in [-0.2, -0.15) is 13.2 Å². The molecule has 1 atom stereocenters. The third-order valence-electron chi connectivity index (χ3n) is 5.75. The van der Waals surface area contributed by atoms with Crippen LogP contribution in [0.1, 0.15) is 28.1 Å². The maximum atomic E-state index is 13.2. The van der Waals surface area contributed by atoms with Crippen molar-refractivity contribution in [2.45, 2.75) is 32.0 Å². The Morgan fingerprint density at radius 3 is 2.47 bits per heavy atom. The normalized spacial score (nSPS) is 15.8. The van der Waals surface area contributed by atoms with Crippen LogP contribution in [0.2, 0.25) is 5.02 Å². The number of hydrogen-bond acceptors (Lipinski definition) is 7. The van der Waals surface area contributed by atoms with Gasteiger partial charge in [-0.05, 0) is 37.6 Å². The van der Waals surface area contributed by atoms with Crippen LogP contribution in [0.3, 0.4) is 0 Å². The van der Waals surface area contributed by atoms with Crippen LogP contribution in [0, 0.1) is 13.8 Å². The lowest BCUT2D eigenvalue weighted by Gasteiger charge is -2.34. The van der Waals surface area contributed by atoms with E-state index < -0.39 is 18.2 Å². The van der Waals surface area contributed by atoms with Crippen molar-refractivity contribution < 1.29 is 23.0 Å². The molecule has 3 aromatic rings. The lowest BCUT2D eigenvalue weighted by atomic mass is 9.82. The molecule has 1 aliphatic heterocycles. The lowest BCUT2D eigenvalue weighted by molar-refractivity contribution is -0.127. The summed E-state index contributed by atoms with van der Waals surface area (Å²) >= 11 is 6.48. The molecule has 3 heterocycles. The fraction of sp³-hybridized carbons (Fsp3) is 0.304. The highest BCUT2D eigenvalue weighted by molar-refractivity contribution is 6.36. The van der Waals surface area contributed by atoms with E-state index in [0.717, 1.165) is 5.69 Å². The summed E-state index contributed by atoms with van der Waals surface area (Å²) in [4.78, 5) is 8.72. The molecule has 2 aromatic heterocycles. The Kier molecular flexibility index (Phi) is 6.09. The number of aliphatic hydroxyl groups is 1. The van der Waals surface area contributed by atoms with Crippen LogP contribution in [0.4, 0.5) is 13.2 Å². The van der Waals surface area contributed by atoms with Gasteiger partial charge in [-0.1, -0.05) is 23.7 Å². The molecule has 0 saturated carbocycles. The maximum Gasteiger partial charge on any atom is 0.393 e. The number of halogens is 4. The third-order valence-corrected chi connectivity index (χ3v) is 6.19. The molecule has 4 rings (SSSR count). The molecule has 0 bridgehead atoms. The molecule has 0 spiro atoms. The standard InChI is InChI=1S/C23H23ClF3N5O2/c1-12-5-7-17(13(2)29-12)23(33,19-11-28-31-32(19)3)14-6-8-18-15(9-14)20(24)16(10-22(25,26)27)21(30-18)34-4/h5-9,11,28,31,33H,10H2,1-4H3. The smallest absolute Gasteiger partial charge is 0.393 e. The number of hydrogen-bond donors (Lipinski definition) is 3. The van der Waals surface area contributed by atoms with Crippen LogP contribution in [-0.4, -0.2) is 40.4 Å². The Morgan fingerprint density at radius 2 is 1.88 bits per heavy atom. The summed E-state index contributed by atoms with van der Waals surface area (Å²) in [5.74, 6) is -0.192. The van der Waals surface area contributed by atoms with E-state index in [9.17, 15) is 18.3 Å². The van der Waals surface area contributed by atoms with Gasteiger partial charge in [0.1, 0.15) is 0 Å². The minimum atomic E-state index is -4.51. The Morgan fingerprint density at radius 1 is 1.15 bits per heavy atom. The van der Waals surface area contributed by atoms with Crippen LogP contribution >= 0.6 is 11.6 Å². The summed E-state index contributed by atoms with van der Waals surface area (Å²) in [5.41, 5.74) is 6.80. The number of pyridine rings is 2. The first kappa shape index (κ1) is 24.1. The molecule has 0 radical (unpaired) electrons. The number of aromatic nitrogens is 2. The summed E-state index contributed by atoms with van der Waals surface area (Å²) in [5, 5.41) is 13.9. The number of alkyl halides is 3. The van der Waals surface area contributed by atoms with Crippen molar-refractivity contribution in [3.63, 3.8) is 0 Å². The highest BCUT2D eigenvalue weighted by atomic mass is 35.5. The minimum absolute atomic E-state index is 0.132. The molecular weight excluding hydrogens is 471 g/mol. The summed E-state index contributed by atoms with van der Waals surface area (Å²) in [7, 11) is 2.96. The Labute approximate surface area is 199 Å². The third kappa shape index (κ3) is 4.13. The van der Waals surface area contributed by atoms with Crippen LogP contribution in [0.15, 0.2) is 42.2 Å². The summed E-state index contributed by atoms with van der Waals surface area (Å²) in [6.45, 7) is 3.63. The van der Waals surface area contributed by atoms with Crippen molar-refractivity contribution in [2.24, 2.45) is 0 Å². The van der Waals surface area contributed by atoms with E-state index >= 15 is 0 Å². The lowest BCUT2D eigenvalue weighted by Crippen LogP contribution is -2.42. The number of nitrogens with one attached hydrogen (secondary N) is 2. The number of nitrogens with zero attached hydrogens (tertiary/aromatic N) is 3. The molecule has 1 aliphatic rings. The first-order chi connectivity index (χ1) is 16.0. The van der Waals surface area contributed by atoms with E-state index in [2.05, 4.69) is 20.9 Å². The number of aryl methyl sites for hydroxylation is 2. The molecule has 0 saturated heterocycles.